The number of benzene rings is 1. The number of rotatable bonds is 5. The lowest BCUT2D eigenvalue weighted by Gasteiger charge is -2.15. The van der Waals surface area contributed by atoms with Crippen molar-refractivity contribution in [2.24, 2.45) is 0 Å². The van der Waals surface area contributed by atoms with Crippen LogP contribution < -0.4 is 5.32 Å². The molecule has 0 atom stereocenters. The lowest BCUT2D eigenvalue weighted by atomic mass is 10.1. The standard InChI is InChI=1S/C19H21N3OS/c1-23-11-16-21-18(20-14-9-5-6-10-14)17-15(12-24-19(17)22-16)13-7-3-2-4-8-13/h2-4,7-8,12,14H,5-6,9-11H2,1H3,(H,20,21,22). The highest BCUT2D eigenvalue weighted by Crippen LogP contribution is 2.38. The summed E-state index contributed by atoms with van der Waals surface area (Å²) in [5.74, 6) is 1.70. The number of nitrogens with one attached hydrogen (secondary N) is 1. The third kappa shape index (κ3) is 3.01. The maximum absolute atomic E-state index is 5.25. The second-order valence-electron chi connectivity index (χ2n) is 6.24. The van der Waals surface area contributed by atoms with Crippen LogP contribution in [0.4, 0.5) is 5.82 Å². The molecule has 2 aromatic heterocycles. The van der Waals surface area contributed by atoms with Crippen molar-refractivity contribution in [3.63, 3.8) is 0 Å². The van der Waals surface area contributed by atoms with Gasteiger partial charge < -0.3 is 10.1 Å². The molecule has 0 spiro atoms. The van der Waals surface area contributed by atoms with Crippen molar-refractivity contribution >= 4 is 27.4 Å². The van der Waals surface area contributed by atoms with E-state index < -0.39 is 0 Å². The molecule has 0 bridgehead atoms. The van der Waals surface area contributed by atoms with Crippen LogP contribution in [-0.4, -0.2) is 23.1 Å². The fraction of sp³-hybridized carbons (Fsp3) is 0.368. The van der Waals surface area contributed by atoms with Gasteiger partial charge in [0.15, 0.2) is 5.82 Å². The Kier molecular flexibility index (Phi) is 4.45. The van der Waals surface area contributed by atoms with Gasteiger partial charge in [-0.1, -0.05) is 43.2 Å². The SMILES string of the molecule is COCc1nc(NC2CCCC2)c2c(-c3ccccc3)csc2n1. The van der Waals surface area contributed by atoms with E-state index in [0.29, 0.717) is 12.6 Å². The molecule has 2 heterocycles. The Bertz CT molecular complexity index is 825. The number of ether oxygens (including phenoxy) is 1. The molecular formula is C19H21N3OS. The summed E-state index contributed by atoms with van der Waals surface area (Å²) < 4.78 is 5.25. The summed E-state index contributed by atoms with van der Waals surface area (Å²) in [7, 11) is 1.68. The van der Waals surface area contributed by atoms with Gasteiger partial charge in [-0.15, -0.1) is 11.3 Å². The summed E-state index contributed by atoms with van der Waals surface area (Å²) in [5.41, 5.74) is 2.42. The van der Waals surface area contributed by atoms with Crippen molar-refractivity contribution < 1.29 is 4.74 Å². The minimum Gasteiger partial charge on any atom is -0.377 e. The first-order valence-corrected chi connectivity index (χ1v) is 9.32. The summed E-state index contributed by atoms with van der Waals surface area (Å²) in [5, 5.41) is 7.00. The van der Waals surface area contributed by atoms with E-state index in [9.17, 15) is 0 Å². The van der Waals surface area contributed by atoms with E-state index in [1.54, 1.807) is 18.4 Å². The van der Waals surface area contributed by atoms with Crippen molar-refractivity contribution in [3.05, 3.63) is 41.5 Å². The van der Waals surface area contributed by atoms with Crippen LogP contribution in [0.1, 0.15) is 31.5 Å². The largest absolute Gasteiger partial charge is 0.377 e. The molecule has 0 amide bonds. The van der Waals surface area contributed by atoms with Crippen LogP contribution in [0.3, 0.4) is 0 Å². The predicted octanol–water partition coefficient (Wildman–Crippen LogP) is 4.86. The van der Waals surface area contributed by atoms with Gasteiger partial charge in [0.2, 0.25) is 0 Å². The molecule has 3 aromatic rings. The molecule has 1 saturated carbocycles. The topological polar surface area (TPSA) is 47.0 Å². The van der Waals surface area contributed by atoms with E-state index in [1.165, 1.54) is 36.8 Å². The number of hydrogen-bond donors (Lipinski definition) is 1. The quantitative estimate of drug-likeness (QED) is 0.721. The summed E-state index contributed by atoms with van der Waals surface area (Å²) in [6.07, 6.45) is 5.03. The van der Waals surface area contributed by atoms with Crippen LogP contribution >= 0.6 is 11.3 Å². The lowest BCUT2D eigenvalue weighted by Crippen LogP contribution is -2.16. The molecule has 1 aromatic carbocycles. The van der Waals surface area contributed by atoms with Crippen molar-refractivity contribution in [2.45, 2.75) is 38.3 Å². The van der Waals surface area contributed by atoms with Crippen molar-refractivity contribution in [2.75, 3.05) is 12.4 Å². The molecule has 24 heavy (non-hydrogen) atoms. The molecule has 0 unspecified atom stereocenters. The summed E-state index contributed by atoms with van der Waals surface area (Å²) >= 11 is 1.67. The zero-order chi connectivity index (χ0) is 16.4. The van der Waals surface area contributed by atoms with Crippen molar-refractivity contribution in [1.29, 1.82) is 0 Å². The zero-order valence-electron chi connectivity index (χ0n) is 13.8. The van der Waals surface area contributed by atoms with E-state index in [2.05, 4.69) is 39.9 Å². The first-order chi connectivity index (χ1) is 11.8. The minimum absolute atomic E-state index is 0.438. The third-order valence-corrected chi connectivity index (χ3v) is 5.41. The van der Waals surface area contributed by atoms with Crippen LogP contribution in [0, 0.1) is 0 Å². The number of nitrogens with zero attached hydrogens (tertiary/aromatic N) is 2. The average molecular weight is 339 g/mol. The van der Waals surface area contributed by atoms with E-state index in [0.717, 1.165) is 21.9 Å². The van der Waals surface area contributed by atoms with Crippen LogP contribution in [0.5, 0.6) is 0 Å². The van der Waals surface area contributed by atoms with Crippen molar-refractivity contribution in [3.8, 4) is 11.1 Å². The smallest absolute Gasteiger partial charge is 0.158 e. The second kappa shape index (κ2) is 6.87. The van der Waals surface area contributed by atoms with Gasteiger partial charge in [-0.2, -0.15) is 0 Å². The van der Waals surface area contributed by atoms with Gasteiger partial charge in [0.05, 0.1) is 5.39 Å². The number of hydrogen-bond acceptors (Lipinski definition) is 5. The van der Waals surface area contributed by atoms with Crippen molar-refractivity contribution in [1.82, 2.24) is 9.97 Å². The lowest BCUT2D eigenvalue weighted by molar-refractivity contribution is 0.178. The van der Waals surface area contributed by atoms with E-state index in [1.807, 2.05) is 6.07 Å². The molecule has 4 rings (SSSR count). The fourth-order valence-electron chi connectivity index (χ4n) is 3.38. The number of fused-ring (bicyclic) bond motifs is 1. The maximum Gasteiger partial charge on any atom is 0.158 e. The molecule has 1 aliphatic carbocycles. The van der Waals surface area contributed by atoms with Gasteiger partial charge in [0.25, 0.3) is 0 Å². The van der Waals surface area contributed by atoms with Crippen LogP contribution in [-0.2, 0) is 11.3 Å². The van der Waals surface area contributed by atoms with Crippen LogP contribution in [0.15, 0.2) is 35.7 Å². The van der Waals surface area contributed by atoms with E-state index in [4.69, 9.17) is 9.72 Å². The molecule has 1 aliphatic rings. The number of anilines is 1. The normalized spacial score (nSPS) is 15.2. The zero-order valence-corrected chi connectivity index (χ0v) is 14.6. The predicted molar refractivity (Wildman–Crippen MR) is 99.4 cm³/mol. The molecule has 1 fully saturated rings. The first kappa shape index (κ1) is 15.5. The molecule has 124 valence electrons. The first-order valence-electron chi connectivity index (χ1n) is 8.44. The molecule has 1 N–H and O–H groups in total. The number of thiophene rings is 1. The second-order valence-corrected chi connectivity index (χ2v) is 7.10. The number of methoxy groups -OCH3 is 1. The van der Waals surface area contributed by atoms with Gasteiger partial charge in [-0.05, 0) is 18.4 Å². The van der Waals surface area contributed by atoms with E-state index >= 15 is 0 Å². The minimum atomic E-state index is 0.438. The Morgan fingerprint density at radius 3 is 2.71 bits per heavy atom. The Morgan fingerprint density at radius 1 is 1.17 bits per heavy atom. The Labute approximate surface area is 145 Å². The van der Waals surface area contributed by atoms with Crippen LogP contribution in [0.25, 0.3) is 21.3 Å². The highest BCUT2D eigenvalue weighted by molar-refractivity contribution is 7.17. The Balaban J connectivity index is 1.83. The third-order valence-electron chi connectivity index (χ3n) is 4.53. The molecule has 5 heteroatoms. The highest BCUT2D eigenvalue weighted by atomic mass is 32.1. The summed E-state index contributed by atoms with van der Waals surface area (Å²) in [6, 6.07) is 11.0. The molecule has 0 saturated heterocycles. The highest BCUT2D eigenvalue weighted by Gasteiger charge is 2.20. The molecule has 0 aliphatic heterocycles. The summed E-state index contributed by atoms with van der Waals surface area (Å²) in [4.78, 5) is 10.5. The van der Waals surface area contributed by atoms with E-state index in [-0.39, 0.29) is 0 Å². The Morgan fingerprint density at radius 2 is 1.96 bits per heavy atom. The Hall–Kier alpha value is -1.98. The maximum atomic E-state index is 5.25. The monoisotopic (exact) mass is 339 g/mol. The average Bonchev–Trinajstić information content (AvgIpc) is 3.25. The molecular weight excluding hydrogens is 318 g/mol. The number of aromatic nitrogens is 2. The van der Waals surface area contributed by atoms with Gasteiger partial charge in [-0.25, -0.2) is 9.97 Å². The van der Waals surface area contributed by atoms with Gasteiger partial charge in [0.1, 0.15) is 17.3 Å². The van der Waals surface area contributed by atoms with Gasteiger partial charge in [0, 0.05) is 24.1 Å². The summed E-state index contributed by atoms with van der Waals surface area (Å²) in [6.45, 7) is 0.438. The molecule has 4 nitrogen and oxygen atoms in total. The van der Waals surface area contributed by atoms with Crippen LogP contribution in [0.2, 0.25) is 0 Å². The van der Waals surface area contributed by atoms with Gasteiger partial charge in [-0.3, -0.25) is 0 Å². The van der Waals surface area contributed by atoms with Gasteiger partial charge >= 0.3 is 0 Å². The fourth-order valence-corrected chi connectivity index (χ4v) is 4.34. The molecule has 0 radical (unpaired) electrons.